The van der Waals surface area contributed by atoms with Crippen molar-refractivity contribution in [1.29, 1.82) is 0 Å². The zero-order valence-corrected chi connectivity index (χ0v) is 12.0. The van der Waals surface area contributed by atoms with E-state index < -0.39 is 0 Å². The Morgan fingerprint density at radius 3 is 2.59 bits per heavy atom. The molecule has 2 nitrogen and oxygen atoms in total. The highest BCUT2D eigenvalue weighted by Gasteiger charge is 2.29. The van der Waals surface area contributed by atoms with Crippen LogP contribution in [0.3, 0.4) is 0 Å². The lowest BCUT2D eigenvalue weighted by molar-refractivity contribution is 0.0713. The standard InChI is InChI=1S/C15H31NO/c1-4-6-13-7-8-14(11-16-9-5-2)15(10-13)12-17-3/h13-16H,4-12H2,1-3H3. The van der Waals surface area contributed by atoms with Crippen molar-refractivity contribution in [2.75, 3.05) is 26.8 Å². The van der Waals surface area contributed by atoms with Gasteiger partial charge in [0.2, 0.25) is 0 Å². The Balaban J connectivity index is 2.35. The summed E-state index contributed by atoms with van der Waals surface area (Å²) in [7, 11) is 1.85. The maximum atomic E-state index is 5.42. The third-order valence-electron chi connectivity index (χ3n) is 4.16. The minimum Gasteiger partial charge on any atom is -0.384 e. The molecule has 102 valence electrons. The Bertz CT molecular complexity index is 184. The van der Waals surface area contributed by atoms with Crippen LogP contribution in [0.15, 0.2) is 0 Å². The molecule has 0 bridgehead atoms. The van der Waals surface area contributed by atoms with Crippen LogP contribution in [-0.2, 0) is 4.74 Å². The molecule has 3 unspecified atom stereocenters. The molecule has 1 fully saturated rings. The van der Waals surface area contributed by atoms with Crippen LogP contribution in [0.1, 0.15) is 52.4 Å². The molecule has 0 spiro atoms. The average Bonchev–Trinajstić information content (AvgIpc) is 2.33. The minimum atomic E-state index is 0.787. The lowest BCUT2D eigenvalue weighted by atomic mass is 9.73. The summed E-state index contributed by atoms with van der Waals surface area (Å²) in [5, 5.41) is 3.58. The van der Waals surface area contributed by atoms with Gasteiger partial charge in [0.05, 0.1) is 0 Å². The number of hydrogen-bond donors (Lipinski definition) is 1. The maximum Gasteiger partial charge on any atom is 0.0493 e. The molecule has 0 amide bonds. The van der Waals surface area contributed by atoms with E-state index in [1.165, 1.54) is 45.1 Å². The molecule has 1 aliphatic rings. The van der Waals surface area contributed by atoms with E-state index in [2.05, 4.69) is 19.2 Å². The summed E-state index contributed by atoms with van der Waals surface area (Å²) < 4.78 is 5.42. The van der Waals surface area contributed by atoms with Crippen LogP contribution in [-0.4, -0.2) is 26.8 Å². The van der Waals surface area contributed by atoms with E-state index in [1.807, 2.05) is 7.11 Å². The normalized spacial score (nSPS) is 29.5. The summed E-state index contributed by atoms with van der Waals surface area (Å²) in [5.41, 5.74) is 0. The number of nitrogens with one attached hydrogen (secondary N) is 1. The Morgan fingerprint density at radius 2 is 1.94 bits per heavy atom. The highest BCUT2D eigenvalue weighted by atomic mass is 16.5. The molecule has 2 heteroatoms. The van der Waals surface area contributed by atoms with Gasteiger partial charge in [-0.25, -0.2) is 0 Å². The smallest absolute Gasteiger partial charge is 0.0493 e. The molecule has 1 rings (SSSR count). The first-order valence-corrected chi connectivity index (χ1v) is 7.51. The van der Waals surface area contributed by atoms with Gasteiger partial charge in [0, 0.05) is 13.7 Å². The second-order valence-corrected chi connectivity index (χ2v) is 5.65. The molecule has 17 heavy (non-hydrogen) atoms. The summed E-state index contributed by atoms with van der Waals surface area (Å²) in [4.78, 5) is 0. The summed E-state index contributed by atoms with van der Waals surface area (Å²) in [5.74, 6) is 2.59. The van der Waals surface area contributed by atoms with Crippen molar-refractivity contribution in [3.63, 3.8) is 0 Å². The van der Waals surface area contributed by atoms with Crippen LogP contribution in [0, 0.1) is 17.8 Å². The number of ether oxygens (including phenoxy) is 1. The molecule has 3 atom stereocenters. The first-order valence-electron chi connectivity index (χ1n) is 7.51. The largest absolute Gasteiger partial charge is 0.384 e. The van der Waals surface area contributed by atoms with E-state index in [1.54, 1.807) is 0 Å². The minimum absolute atomic E-state index is 0.787. The Kier molecular flexibility index (Phi) is 7.87. The van der Waals surface area contributed by atoms with Crippen LogP contribution in [0.5, 0.6) is 0 Å². The average molecular weight is 241 g/mol. The van der Waals surface area contributed by atoms with Gasteiger partial charge in [0.25, 0.3) is 0 Å². The van der Waals surface area contributed by atoms with Crippen molar-refractivity contribution in [3.8, 4) is 0 Å². The fourth-order valence-electron chi connectivity index (χ4n) is 3.25. The summed E-state index contributed by atoms with van der Waals surface area (Å²) in [6.45, 7) is 7.85. The van der Waals surface area contributed by atoms with E-state index in [9.17, 15) is 0 Å². The molecular formula is C15H31NO. The van der Waals surface area contributed by atoms with Crippen molar-refractivity contribution >= 4 is 0 Å². The van der Waals surface area contributed by atoms with Crippen LogP contribution in [0.2, 0.25) is 0 Å². The van der Waals surface area contributed by atoms with E-state index in [0.29, 0.717) is 0 Å². The molecule has 0 aliphatic heterocycles. The number of rotatable bonds is 8. The zero-order valence-electron chi connectivity index (χ0n) is 12.0. The number of hydrogen-bond acceptors (Lipinski definition) is 2. The monoisotopic (exact) mass is 241 g/mol. The van der Waals surface area contributed by atoms with Crippen LogP contribution < -0.4 is 5.32 Å². The first-order chi connectivity index (χ1) is 8.31. The van der Waals surface area contributed by atoms with Crippen LogP contribution in [0.4, 0.5) is 0 Å². The van der Waals surface area contributed by atoms with Gasteiger partial charge < -0.3 is 10.1 Å². The van der Waals surface area contributed by atoms with Crippen molar-refractivity contribution in [3.05, 3.63) is 0 Å². The van der Waals surface area contributed by atoms with E-state index in [0.717, 1.165) is 30.9 Å². The summed E-state index contributed by atoms with van der Waals surface area (Å²) >= 11 is 0. The van der Waals surface area contributed by atoms with Crippen LogP contribution in [0.25, 0.3) is 0 Å². The van der Waals surface area contributed by atoms with Gasteiger partial charge in [-0.05, 0) is 50.1 Å². The zero-order chi connectivity index (χ0) is 12.5. The second-order valence-electron chi connectivity index (χ2n) is 5.65. The molecule has 0 aromatic rings. The third kappa shape index (κ3) is 5.39. The van der Waals surface area contributed by atoms with Gasteiger partial charge in [-0.2, -0.15) is 0 Å². The molecule has 0 aromatic carbocycles. The van der Waals surface area contributed by atoms with E-state index in [4.69, 9.17) is 4.74 Å². The lowest BCUT2D eigenvalue weighted by Crippen LogP contribution is -2.35. The van der Waals surface area contributed by atoms with Crippen molar-refractivity contribution in [2.45, 2.75) is 52.4 Å². The molecule has 1 aliphatic carbocycles. The Morgan fingerprint density at radius 1 is 1.12 bits per heavy atom. The van der Waals surface area contributed by atoms with Crippen molar-refractivity contribution in [1.82, 2.24) is 5.32 Å². The third-order valence-corrected chi connectivity index (χ3v) is 4.16. The van der Waals surface area contributed by atoms with Gasteiger partial charge in [0.1, 0.15) is 0 Å². The SMILES string of the molecule is CCCNCC1CCC(CCC)CC1COC. The predicted molar refractivity (Wildman–Crippen MR) is 74.3 cm³/mol. The fourth-order valence-corrected chi connectivity index (χ4v) is 3.25. The molecule has 0 radical (unpaired) electrons. The quantitative estimate of drug-likeness (QED) is 0.657. The molecule has 0 saturated heterocycles. The van der Waals surface area contributed by atoms with Crippen molar-refractivity contribution in [2.24, 2.45) is 17.8 Å². The van der Waals surface area contributed by atoms with E-state index in [-0.39, 0.29) is 0 Å². The van der Waals surface area contributed by atoms with Crippen LogP contribution >= 0.6 is 0 Å². The maximum absolute atomic E-state index is 5.42. The summed E-state index contributed by atoms with van der Waals surface area (Å²) in [6, 6.07) is 0. The molecule has 0 heterocycles. The van der Waals surface area contributed by atoms with Gasteiger partial charge in [0.15, 0.2) is 0 Å². The van der Waals surface area contributed by atoms with E-state index >= 15 is 0 Å². The van der Waals surface area contributed by atoms with Gasteiger partial charge in [-0.3, -0.25) is 0 Å². The molecular weight excluding hydrogens is 210 g/mol. The predicted octanol–water partition coefficient (Wildman–Crippen LogP) is 3.47. The highest BCUT2D eigenvalue weighted by Crippen LogP contribution is 2.36. The van der Waals surface area contributed by atoms with Gasteiger partial charge in [-0.15, -0.1) is 0 Å². The topological polar surface area (TPSA) is 21.3 Å². The molecule has 1 saturated carbocycles. The Hall–Kier alpha value is -0.0800. The number of methoxy groups -OCH3 is 1. The molecule has 1 N–H and O–H groups in total. The molecule has 0 aromatic heterocycles. The Labute approximate surface area is 108 Å². The first kappa shape index (κ1) is 15.0. The lowest BCUT2D eigenvalue weighted by Gasteiger charge is -2.36. The summed E-state index contributed by atoms with van der Waals surface area (Å²) in [6.07, 6.45) is 8.21. The van der Waals surface area contributed by atoms with Gasteiger partial charge >= 0.3 is 0 Å². The fraction of sp³-hybridized carbons (Fsp3) is 1.00. The highest BCUT2D eigenvalue weighted by molar-refractivity contribution is 4.81. The van der Waals surface area contributed by atoms with Crippen molar-refractivity contribution < 1.29 is 4.74 Å². The second kappa shape index (κ2) is 8.93. The van der Waals surface area contributed by atoms with Gasteiger partial charge in [-0.1, -0.05) is 33.1 Å².